The van der Waals surface area contributed by atoms with Crippen LogP contribution < -0.4 is 4.74 Å². The second-order valence-electron chi connectivity index (χ2n) is 5.63. The minimum Gasteiger partial charge on any atom is -0.503 e. The molecule has 1 aliphatic heterocycles. The van der Waals surface area contributed by atoms with Crippen LogP contribution in [0.4, 0.5) is 10.1 Å². The number of amidine groups is 1. The zero-order chi connectivity index (χ0) is 19.6. The fourth-order valence-corrected chi connectivity index (χ4v) is 3.58. The zero-order valence-electron chi connectivity index (χ0n) is 14.6. The van der Waals surface area contributed by atoms with E-state index in [0.29, 0.717) is 27.9 Å². The summed E-state index contributed by atoms with van der Waals surface area (Å²) in [6.07, 6.45) is 1.66. The van der Waals surface area contributed by atoms with Gasteiger partial charge in [-0.15, -0.1) is 0 Å². The van der Waals surface area contributed by atoms with Crippen LogP contribution in [0.25, 0.3) is 6.08 Å². The quantitative estimate of drug-likeness (QED) is 0.739. The summed E-state index contributed by atoms with van der Waals surface area (Å²) in [5.41, 5.74) is 1.17. The number of rotatable bonds is 4. The Morgan fingerprint density at radius 1 is 1.33 bits per heavy atom. The van der Waals surface area contributed by atoms with E-state index in [2.05, 4.69) is 4.99 Å². The number of phenols is 1. The van der Waals surface area contributed by atoms with Crippen LogP contribution in [0.15, 0.2) is 46.3 Å². The first-order valence-electron chi connectivity index (χ1n) is 8.06. The highest BCUT2D eigenvalue weighted by Gasteiger charge is 2.30. The summed E-state index contributed by atoms with van der Waals surface area (Å²) in [5, 5.41) is 10.5. The standard InChI is InChI=1S/C19H16ClFN2O3S/c1-3-26-15-9-11(8-14(20)17(15)24)10-16-18(25)23(2)19(27-16)22-13-6-4-12(21)5-7-13/h4-10,24H,3H2,1-2H3/b16-10+,22-19?. The molecular formula is C19H16ClFN2O3S. The molecule has 1 amide bonds. The summed E-state index contributed by atoms with van der Waals surface area (Å²) < 4.78 is 18.4. The van der Waals surface area contributed by atoms with E-state index in [-0.39, 0.29) is 28.2 Å². The van der Waals surface area contributed by atoms with Crippen molar-refractivity contribution in [2.45, 2.75) is 6.92 Å². The van der Waals surface area contributed by atoms with E-state index in [1.807, 2.05) is 0 Å². The number of likely N-dealkylation sites (N-methyl/N-ethyl adjacent to an activating group) is 1. The minimum atomic E-state index is -0.350. The summed E-state index contributed by atoms with van der Waals surface area (Å²) in [5.74, 6) is -0.456. The number of ether oxygens (including phenoxy) is 1. The molecule has 2 aromatic carbocycles. The van der Waals surface area contributed by atoms with Gasteiger partial charge in [-0.3, -0.25) is 9.69 Å². The second kappa shape index (κ2) is 8.02. The third-order valence-corrected chi connectivity index (χ3v) is 5.05. The molecule has 0 bridgehead atoms. The van der Waals surface area contributed by atoms with Crippen LogP contribution in [0, 0.1) is 5.82 Å². The molecule has 2 aromatic rings. The minimum absolute atomic E-state index is 0.136. The van der Waals surface area contributed by atoms with Gasteiger partial charge in [-0.2, -0.15) is 0 Å². The molecule has 0 aromatic heterocycles. The number of halogens is 2. The molecule has 1 fully saturated rings. The van der Waals surface area contributed by atoms with Crippen LogP contribution in [-0.4, -0.2) is 34.7 Å². The molecule has 27 heavy (non-hydrogen) atoms. The molecule has 0 radical (unpaired) electrons. The number of aliphatic imine (C=N–C) groups is 1. The Morgan fingerprint density at radius 2 is 2.04 bits per heavy atom. The van der Waals surface area contributed by atoms with Gasteiger partial charge in [-0.05, 0) is 66.7 Å². The van der Waals surface area contributed by atoms with Gasteiger partial charge in [0.05, 0.1) is 22.2 Å². The van der Waals surface area contributed by atoms with Gasteiger partial charge in [0, 0.05) is 7.05 Å². The van der Waals surface area contributed by atoms with E-state index in [4.69, 9.17) is 16.3 Å². The van der Waals surface area contributed by atoms with E-state index in [1.165, 1.54) is 40.9 Å². The van der Waals surface area contributed by atoms with Gasteiger partial charge in [-0.25, -0.2) is 9.38 Å². The summed E-state index contributed by atoms with van der Waals surface area (Å²) in [6, 6.07) is 8.86. The van der Waals surface area contributed by atoms with Gasteiger partial charge in [0.1, 0.15) is 5.82 Å². The van der Waals surface area contributed by atoms with Crippen molar-refractivity contribution in [2.75, 3.05) is 13.7 Å². The summed E-state index contributed by atoms with van der Waals surface area (Å²) in [7, 11) is 1.62. The van der Waals surface area contributed by atoms with Crippen molar-refractivity contribution in [1.82, 2.24) is 4.90 Å². The van der Waals surface area contributed by atoms with Crippen molar-refractivity contribution in [3.63, 3.8) is 0 Å². The maximum absolute atomic E-state index is 13.0. The summed E-state index contributed by atoms with van der Waals surface area (Å²) in [6.45, 7) is 2.16. The number of carbonyl (C=O) groups is 1. The van der Waals surface area contributed by atoms with E-state index >= 15 is 0 Å². The Balaban J connectivity index is 1.91. The number of hydrogen-bond donors (Lipinski definition) is 1. The first kappa shape index (κ1) is 19.3. The van der Waals surface area contributed by atoms with Gasteiger partial charge in [0.25, 0.3) is 5.91 Å². The van der Waals surface area contributed by atoms with Gasteiger partial charge in [0.2, 0.25) is 0 Å². The SMILES string of the molecule is CCOc1cc(/C=C2/SC(=Nc3ccc(F)cc3)N(C)C2=O)cc(Cl)c1O. The van der Waals surface area contributed by atoms with Crippen molar-refractivity contribution in [3.05, 3.63) is 57.7 Å². The van der Waals surface area contributed by atoms with Gasteiger partial charge in [0.15, 0.2) is 16.7 Å². The Morgan fingerprint density at radius 3 is 2.70 bits per heavy atom. The van der Waals surface area contributed by atoms with Crippen LogP contribution in [0.5, 0.6) is 11.5 Å². The van der Waals surface area contributed by atoms with Crippen LogP contribution >= 0.6 is 23.4 Å². The third-order valence-electron chi connectivity index (χ3n) is 3.70. The molecule has 0 saturated carbocycles. The lowest BCUT2D eigenvalue weighted by atomic mass is 10.2. The highest BCUT2D eigenvalue weighted by atomic mass is 35.5. The molecule has 0 atom stereocenters. The molecule has 3 rings (SSSR count). The monoisotopic (exact) mass is 406 g/mol. The van der Waals surface area contributed by atoms with Crippen LogP contribution in [0.3, 0.4) is 0 Å². The molecular weight excluding hydrogens is 391 g/mol. The lowest BCUT2D eigenvalue weighted by Gasteiger charge is -2.08. The average Bonchev–Trinajstić information content (AvgIpc) is 2.89. The van der Waals surface area contributed by atoms with Crippen molar-refractivity contribution in [2.24, 2.45) is 4.99 Å². The number of aromatic hydroxyl groups is 1. The first-order valence-corrected chi connectivity index (χ1v) is 9.25. The number of nitrogens with zero attached hydrogens (tertiary/aromatic N) is 2. The van der Waals surface area contributed by atoms with Crippen molar-refractivity contribution < 1.29 is 19.0 Å². The normalized spacial score (nSPS) is 17.2. The maximum Gasteiger partial charge on any atom is 0.266 e. The molecule has 0 spiro atoms. The predicted molar refractivity (Wildman–Crippen MR) is 106 cm³/mol. The molecule has 140 valence electrons. The van der Waals surface area contributed by atoms with Crippen molar-refractivity contribution in [3.8, 4) is 11.5 Å². The molecule has 5 nitrogen and oxygen atoms in total. The molecule has 0 aliphatic carbocycles. The smallest absolute Gasteiger partial charge is 0.266 e. The Kier molecular flexibility index (Phi) is 5.72. The molecule has 0 unspecified atom stereocenters. The van der Waals surface area contributed by atoms with E-state index < -0.39 is 0 Å². The van der Waals surface area contributed by atoms with Gasteiger partial charge in [-0.1, -0.05) is 11.6 Å². The third kappa shape index (κ3) is 4.26. The largest absolute Gasteiger partial charge is 0.503 e. The fraction of sp³-hybridized carbons (Fsp3) is 0.158. The van der Waals surface area contributed by atoms with E-state index in [9.17, 15) is 14.3 Å². The highest BCUT2D eigenvalue weighted by Crippen LogP contribution is 2.38. The number of carbonyl (C=O) groups excluding carboxylic acids is 1. The number of benzene rings is 2. The lowest BCUT2D eigenvalue weighted by Crippen LogP contribution is -2.23. The van der Waals surface area contributed by atoms with E-state index in [0.717, 1.165) is 0 Å². The second-order valence-corrected chi connectivity index (χ2v) is 7.04. The molecule has 1 aliphatic rings. The number of amides is 1. The molecule has 8 heteroatoms. The highest BCUT2D eigenvalue weighted by molar-refractivity contribution is 8.18. The molecule has 1 heterocycles. The van der Waals surface area contributed by atoms with Gasteiger partial charge >= 0.3 is 0 Å². The fourth-order valence-electron chi connectivity index (χ4n) is 2.37. The van der Waals surface area contributed by atoms with Gasteiger partial charge < -0.3 is 9.84 Å². The van der Waals surface area contributed by atoms with Crippen LogP contribution in [-0.2, 0) is 4.79 Å². The molecule has 1 saturated heterocycles. The van der Waals surface area contributed by atoms with Crippen LogP contribution in [0.2, 0.25) is 5.02 Å². The van der Waals surface area contributed by atoms with Crippen LogP contribution in [0.1, 0.15) is 12.5 Å². The predicted octanol–water partition coefficient (Wildman–Crippen LogP) is 4.82. The Hall–Kier alpha value is -2.51. The number of phenolic OH excluding ortho intramolecular Hbond substituents is 1. The average molecular weight is 407 g/mol. The lowest BCUT2D eigenvalue weighted by molar-refractivity contribution is -0.121. The van der Waals surface area contributed by atoms with Crippen molar-refractivity contribution in [1.29, 1.82) is 0 Å². The van der Waals surface area contributed by atoms with E-state index in [1.54, 1.807) is 32.2 Å². The number of thioether (sulfide) groups is 1. The van der Waals surface area contributed by atoms with Crippen molar-refractivity contribution >= 4 is 46.2 Å². The maximum atomic E-state index is 13.0. The number of hydrogen-bond acceptors (Lipinski definition) is 5. The summed E-state index contributed by atoms with van der Waals surface area (Å²) in [4.78, 5) is 18.8. The summed E-state index contributed by atoms with van der Waals surface area (Å²) >= 11 is 7.24. The topological polar surface area (TPSA) is 62.1 Å². The zero-order valence-corrected chi connectivity index (χ0v) is 16.1. The first-order chi connectivity index (χ1) is 12.9. The Labute approximate surface area is 165 Å². The Bertz CT molecular complexity index is 945. The molecule has 1 N–H and O–H groups in total.